The summed E-state index contributed by atoms with van der Waals surface area (Å²) in [5.74, 6) is 0.237. The second-order valence-corrected chi connectivity index (χ2v) is 33.5. The van der Waals surface area contributed by atoms with Gasteiger partial charge in [0, 0.05) is 25.7 Å². The second-order valence-electron chi connectivity index (χ2n) is 30.6. The lowest BCUT2D eigenvalue weighted by atomic mass is 10.0. The standard InChI is InChI=1S/C81H158O17P2/c1-8-9-10-11-12-13-14-19-26-34-41-48-55-62-78(83)91-69-77(98-81(86)65-58-51-44-37-30-29-33-40-47-54-61-74(6)7)71-96-100(89,90)94-67-75(82)66-93-99(87,88)95-70-76(68-92-79(84)63-56-49-42-35-27-23-18-21-25-32-39-46-53-60-73(4)5)97-80(85)64-57-50-43-36-28-22-17-15-16-20-24-31-38-45-52-59-72(2)3/h72-77,82H,8-71H2,1-7H3,(H,87,88)(H,89,90)/t75-,76-,77-/m1/s1. The number of rotatable bonds is 79. The smallest absolute Gasteiger partial charge is 0.462 e. The molecule has 0 aromatic heterocycles. The van der Waals surface area contributed by atoms with Crippen LogP contribution in [0.25, 0.3) is 0 Å². The van der Waals surface area contributed by atoms with Crippen molar-refractivity contribution in [3.8, 4) is 0 Å². The Morgan fingerprint density at radius 1 is 0.270 bits per heavy atom. The van der Waals surface area contributed by atoms with Crippen LogP contribution in [0.3, 0.4) is 0 Å². The molecule has 0 aliphatic carbocycles. The van der Waals surface area contributed by atoms with Gasteiger partial charge in [0.1, 0.15) is 19.3 Å². The highest BCUT2D eigenvalue weighted by molar-refractivity contribution is 7.47. The summed E-state index contributed by atoms with van der Waals surface area (Å²) >= 11 is 0. The monoisotopic (exact) mass is 1470 g/mol. The first-order chi connectivity index (χ1) is 48.2. The van der Waals surface area contributed by atoms with Crippen LogP contribution in [0, 0.1) is 17.8 Å². The molecule has 0 bridgehead atoms. The molecule has 100 heavy (non-hydrogen) atoms. The number of hydrogen-bond acceptors (Lipinski definition) is 15. The Kier molecular flexibility index (Phi) is 69.9. The number of hydrogen-bond donors (Lipinski definition) is 3. The fraction of sp³-hybridized carbons (Fsp3) is 0.951. The maximum absolute atomic E-state index is 13.1. The summed E-state index contributed by atoms with van der Waals surface area (Å²) < 4.78 is 68.8. The van der Waals surface area contributed by atoms with Gasteiger partial charge in [-0.1, -0.05) is 370 Å². The average molecular weight is 1470 g/mol. The molecule has 5 atom stereocenters. The highest BCUT2D eigenvalue weighted by Crippen LogP contribution is 2.45. The van der Waals surface area contributed by atoms with E-state index in [9.17, 15) is 43.2 Å². The van der Waals surface area contributed by atoms with Gasteiger partial charge in [0.05, 0.1) is 26.4 Å². The molecule has 0 saturated heterocycles. The van der Waals surface area contributed by atoms with Crippen LogP contribution in [0.1, 0.15) is 421 Å². The van der Waals surface area contributed by atoms with E-state index in [0.717, 1.165) is 108 Å². The van der Waals surface area contributed by atoms with Gasteiger partial charge in [0.15, 0.2) is 12.2 Å². The molecule has 0 saturated carbocycles. The van der Waals surface area contributed by atoms with Gasteiger partial charge >= 0.3 is 39.5 Å². The summed E-state index contributed by atoms with van der Waals surface area (Å²) in [6.07, 6.45) is 59.5. The van der Waals surface area contributed by atoms with Crippen molar-refractivity contribution in [3.63, 3.8) is 0 Å². The summed E-state index contributed by atoms with van der Waals surface area (Å²) in [6, 6.07) is 0. The number of aliphatic hydroxyl groups excluding tert-OH is 1. The maximum atomic E-state index is 13.1. The van der Waals surface area contributed by atoms with Crippen LogP contribution in [0.15, 0.2) is 0 Å². The summed E-state index contributed by atoms with van der Waals surface area (Å²) in [7, 11) is -9.92. The molecule has 0 aliphatic heterocycles. The molecule has 2 unspecified atom stereocenters. The third kappa shape index (κ3) is 74.3. The van der Waals surface area contributed by atoms with Crippen molar-refractivity contribution in [1.82, 2.24) is 0 Å². The zero-order chi connectivity index (χ0) is 73.7. The number of carbonyl (C=O) groups is 4. The lowest BCUT2D eigenvalue weighted by Gasteiger charge is -2.21. The van der Waals surface area contributed by atoms with Crippen molar-refractivity contribution < 1.29 is 80.2 Å². The van der Waals surface area contributed by atoms with E-state index < -0.39 is 97.5 Å². The third-order valence-electron chi connectivity index (χ3n) is 18.9. The summed E-state index contributed by atoms with van der Waals surface area (Å²) in [5, 5.41) is 10.6. The predicted octanol–water partition coefficient (Wildman–Crippen LogP) is 24.1. The molecule has 0 heterocycles. The van der Waals surface area contributed by atoms with E-state index >= 15 is 0 Å². The van der Waals surface area contributed by atoms with E-state index in [2.05, 4.69) is 48.5 Å². The number of phosphoric acid groups is 2. The number of aliphatic hydroxyl groups is 1. The van der Waals surface area contributed by atoms with Gasteiger partial charge in [-0.2, -0.15) is 0 Å². The molecule has 0 aromatic rings. The Hall–Kier alpha value is -1.94. The Balaban J connectivity index is 5.26. The minimum atomic E-state index is -4.96. The lowest BCUT2D eigenvalue weighted by Crippen LogP contribution is -2.30. The quantitative estimate of drug-likeness (QED) is 0.0222. The highest BCUT2D eigenvalue weighted by Gasteiger charge is 2.30. The summed E-state index contributed by atoms with van der Waals surface area (Å²) in [6.45, 7) is 12.0. The molecule has 17 nitrogen and oxygen atoms in total. The molecule has 19 heteroatoms. The van der Waals surface area contributed by atoms with Gasteiger partial charge in [-0.3, -0.25) is 37.3 Å². The Bertz CT molecular complexity index is 1940. The van der Waals surface area contributed by atoms with Crippen LogP contribution in [0.2, 0.25) is 0 Å². The molecule has 0 fully saturated rings. The largest absolute Gasteiger partial charge is 0.472 e. The maximum Gasteiger partial charge on any atom is 0.472 e. The third-order valence-corrected chi connectivity index (χ3v) is 20.8. The fourth-order valence-electron chi connectivity index (χ4n) is 12.5. The van der Waals surface area contributed by atoms with Gasteiger partial charge in [-0.05, 0) is 43.4 Å². The Morgan fingerprint density at radius 3 is 0.680 bits per heavy atom. The van der Waals surface area contributed by atoms with E-state index in [4.69, 9.17) is 37.0 Å². The van der Waals surface area contributed by atoms with Gasteiger partial charge in [0.2, 0.25) is 0 Å². The van der Waals surface area contributed by atoms with E-state index in [1.807, 2.05) is 0 Å². The Labute approximate surface area is 613 Å². The number of ether oxygens (including phenoxy) is 4. The van der Waals surface area contributed by atoms with Gasteiger partial charge in [0.25, 0.3) is 0 Å². The summed E-state index contributed by atoms with van der Waals surface area (Å²) in [4.78, 5) is 73.1. The molecule has 594 valence electrons. The zero-order valence-corrected chi connectivity index (χ0v) is 67.5. The van der Waals surface area contributed by atoms with Crippen molar-refractivity contribution in [2.75, 3.05) is 39.6 Å². The van der Waals surface area contributed by atoms with Crippen LogP contribution in [-0.4, -0.2) is 96.7 Å². The molecule has 0 amide bonds. The van der Waals surface area contributed by atoms with Crippen LogP contribution in [-0.2, 0) is 65.4 Å². The molecule has 3 N–H and O–H groups in total. The molecule has 0 aliphatic rings. The predicted molar refractivity (Wildman–Crippen MR) is 409 cm³/mol. The number of esters is 4. The number of carbonyl (C=O) groups excluding carboxylic acids is 4. The van der Waals surface area contributed by atoms with Gasteiger partial charge in [-0.25, -0.2) is 9.13 Å². The first-order valence-corrected chi connectivity index (χ1v) is 44.8. The van der Waals surface area contributed by atoms with Crippen LogP contribution in [0.4, 0.5) is 0 Å². The van der Waals surface area contributed by atoms with Gasteiger partial charge in [-0.15, -0.1) is 0 Å². The van der Waals surface area contributed by atoms with Crippen molar-refractivity contribution in [2.45, 2.75) is 439 Å². The topological polar surface area (TPSA) is 237 Å². The summed E-state index contributed by atoms with van der Waals surface area (Å²) in [5.41, 5.74) is 0. The first-order valence-electron chi connectivity index (χ1n) is 41.8. The van der Waals surface area contributed by atoms with Crippen LogP contribution in [0.5, 0.6) is 0 Å². The van der Waals surface area contributed by atoms with E-state index in [-0.39, 0.29) is 25.7 Å². The number of unbranched alkanes of at least 4 members (excludes halogenated alkanes) is 47. The minimum Gasteiger partial charge on any atom is -0.462 e. The normalized spacial score (nSPS) is 14.0. The average Bonchev–Trinajstić information content (AvgIpc) is 0.937. The molecule has 0 aromatic carbocycles. The fourth-order valence-corrected chi connectivity index (χ4v) is 14.1. The number of phosphoric ester groups is 2. The first kappa shape index (κ1) is 98.1. The van der Waals surface area contributed by atoms with Gasteiger partial charge < -0.3 is 33.8 Å². The molecular formula is C81H158O17P2. The van der Waals surface area contributed by atoms with E-state index in [0.29, 0.717) is 25.7 Å². The zero-order valence-electron chi connectivity index (χ0n) is 65.7. The van der Waals surface area contributed by atoms with Crippen molar-refractivity contribution in [1.29, 1.82) is 0 Å². The van der Waals surface area contributed by atoms with Crippen molar-refractivity contribution in [3.05, 3.63) is 0 Å². The second kappa shape index (κ2) is 71.3. The molecule has 0 rings (SSSR count). The molecular weight excluding hydrogens is 1310 g/mol. The Morgan fingerprint density at radius 2 is 0.460 bits per heavy atom. The minimum absolute atomic E-state index is 0.106. The van der Waals surface area contributed by atoms with Crippen molar-refractivity contribution >= 4 is 39.5 Å². The van der Waals surface area contributed by atoms with Crippen LogP contribution >= 0.6 is 15.6 Å². The van der Waals surface area contributed by atoms with Crippen LogP contribution < -0.4 is 0 Å². The van der Waals surface area contributed by atoms with E-state index in [1.54, 1.807) is 0 Å². The van der Waals surface area contributed by atoms with E-state index in [1.165, 1.54) is 231 Å². The van der Waals surface area contributed by atoms with Crippen molar-refractivity contribution in [2.24, 2.45) is 17.8 Å². The molecule has 0 radical (unpaired) electrons. The lowest BCUT2D eigenvalue weighted by molar-refractivity contribution is -0.161. The highest BCUT2D eigenvalue weighted by atomic mass is 31.2. The molecule has 0 spiro atoms. The SMILES string of the molecule is CCCCCCCCCCCCCCCC(=O)OC[C@H](COP(=O)(O)OC[C@H](O)COP(=O)(O)OC[C@@H](COC(=O)CCCCCCCCCCCCCCCC(C)C)OC(=O)CCCCCCCCCCCCCCCCCC(C)C)OC(=O)CCCCCCCCCCCCC(C)C.